The first-order valence-corrected chi connectivity index (χ1v) is 15.9. The second-order valence-corrected chi connectivity index (χ2v) is 12.5. The number of anilines is 1. The summed E-state index contributed by atoms with van der Waals surface area (Å²) in [6.45, 7) is 1.87. The molecule has 0 saturated heterocycles. The molecule has 1 saturated carbocycles. The van der Waals surface area contributed by atoms with Crippen molar-refractivity contribution in [3.8, 4) is 17.2 Å². The van der Waals surface area contributed by atoms with Crippen molar-refractivity contribution >= 4 is 27.6 Å². The Morgan fingerprint density at radius 3 is 2.11 bits per heavy atom. The Bertz CT molecular complexity index is 1710. The SMILES string of the molecule is Cc1cccc(S(=O)(=O)NC2CCC(Oc3ccc(Oc4ccc(CC(=O)Nc5ccccc5C(=O)O)cc4)cc3)CC2)c1. The van der Waals surface area contributed by atoms with E-state index in [4.69, 9.17) is 9.47 Å². The number of carbonyl (C=O) groups excluding carboxylic acids is 1. The number of carbonyl (C=O) groups is 2. The fourth-order valence-electron chi connectivity index (χ4n) is 5.12. The Kier molecular flexibility index (Phi) is 9.62. The van der Waals surface area contributed by atoms with Crippen LogP contribution in [0.2, 0.25) is 0 Å². The molecule has 4 aromatic carbocycles. The van der Waals surface area contributed by atoms with Crippen LogP contribution in [0.3, 0.4) is 0 Å². The number of amides is 1. The van der Waals surface area contributed by atoms with E-state index >= 15 is 0 Å². The third-order valence-corrected chi connectivity index (χ3v) is 8.90. The van der Waals surface area contributed by atoms with E-state index in [9.17, 15) is 23.1 Å². The summed E-state index contributed by atoms with van der Waals surface area (Å²) in [5.41, 5.74) is 1.95. The van der Waals surface area contributed by atoms with Gasteiger partial charge in [0.2, 0.25) is 15.9 Å². The van der Waals surface area contributed by atoms with Gasteiger partial charge >= 0.3 is 5.97 Å². The highest BCUT2D eigenvalue weighted by Crippen LogP contribution is 2.28. The fourth-order valence-corrected chi connectivity index (χ4v) is 6.53. The lowest BCUT2D eigenvalue weighted by Crippen LogP contribution is -2.39. The van der Waals surface area contributed by atoms with Crippen LogP contribution in [0.4, 0.5) is 5.69 Å². The highest BCUT2D eigenvalue weighted by atomic mass is 32.2. The number of hydrogen-bond donors (Lipinski definition) is 3. The van der Waals surface area contributed by atoms with Gasteiger partial charge in [-0.3, -0.25) is 4.79 Å². The van der Waals surface area contributed by atoms with Crippen LogP contribution in [0, 0.1) is 6.92 Å². The van der Waals surface area contributed by atoms with Gasteiger partial charge in [0, 0.05) is 6.04 Å². The Balaban J connectivity index is 1.07. The van der Waals surface area contributed by atoms with Crippen LogP contribution in [-0.2, 0) is 21.2 Å². The summed E-state index contributed by atoms with van der Waals surface area (Å²) in [6, 6.07) is 27.5. The van der Waals surface area contributed by atoms with Gasteiger partial charge in [-0.05, 0) is 104 Å². The Morgan fingerprint density at radius 1 is 0.818 bits per heavy atom. The molecule has 0 aliphatic heterocycles. The molecular formula is C34H34N2O7S. The van der Waals surface area contributed by atoms with Gasteiger partial charge in [-0.2, -0.15) is 0 Å². The predicted molar refractivity (Wildman–Crippen MR) is 167 cm³/mol. The van der Waals surface area contributed by atoms with E-state index in [1.165, 1.54) is 6.07 Å². The minimum Gasteiger partial charge on any atom is -0.490 e. The molecule has 4 aromatic rings. The molecule has 228 valence electrons. The van der Waals surface area contributed by atoms with E-state index in [0.29, 0.717) is 30.1 Å². The highest BCUT2D eigenvalue weighted by molar-refractivity contribution is 7.89. The van der Waals surface area contributed by atoms with Crippen LogP contribution in [0.25, 0.3) is 0 Å². The molecule has 1 amide bonds. The number of sulfonamides is 1. The zero-order valence-electron chi connectivity index (χ0n) is 24.2. The molecule has 10 heteroatoms. The van der Waals surface area contributed by atoms with E-state index in [-0.39, 0.29) is 40.6 Å². The molecule has 0 atom stereocenters. The Labute approximate surface area is 256 Å². The molecule has 5 rings (SSSR count). The Hall–Kier alpha value is -4.67. The van der Waals surface area contributed by atoms with Crippen molar-refractivity contribution in [3.63, 3.8) is 0 Å². The first-order valence-electron chi connectivity index (χ1n) is 14.4. The smallest absolute Gasteiger partial charge is 0.337 e. The molecule has 0 spiro atoms. The van der Waals surface area contributed by atoms with Gasteiger partial charge in [0.05, 0.1) is 28.7 Å². The number of para-hydroxylation sites is 1. The van der Waals surface area contributed by atoms with Crippen LogP contribution < -0.4 is 19.5 Å². The second-order valence-electron chi connectivity index (χ2n) is 10.8. The zero-order valence-corrected chi connectivity index (χ0v) is 25.0. The van der Waals surface area contributed by atoms with Crippen molar-refractivity contribution < 1.29 is 32.6 Å². The lowest BCUT2D eigenvalue weighted by atomic mass is 9.94. The van der Waals surface area contributed by atoms with Crippen LogP contribution in [-0.4, -0.2) is 37.5 Å². The molecule has 0 heterocycles. The van der Waals surface area contributed by atoms with Gasteiger partial charge in [0.15, 0.2) is 0 Å². The van der Waals surface area contributed by atoms with E-state index in [2.05, 4.69) is 10.0 Å². The maximum atomic E-state index is 12.8. The van der Waals surface area contributed by atoms with Crippen molar-refractivity contribution in [2.45, 2.75) is 56.1 Å². The third kappa shape index (κ3) is 8.24. The summed E-state index contributed by atoms with van der Waals surface area (Å²) < 4.78 is 40.4. The fraction of sp³-hybridized carbons (Fsp3) is 0.235. The average Bonchev–Trinajstić information content (AvgIpc) is 3.00. The van der Waals surface area contributed by atoms with Crippen LogP contribution in [0.1, 0.15) is 47.2 Å². The number of hydrogen-bond acceptors (Lipinski definition) is 6. The second kappa shape index (κ2) is 13.7. The molecule has 44 heavy (non-hydrogen) atoms. The summed E-state index contributed by atoms with van der Waals surface area (Å²) in [6.07, 6.45) is 2.98. The monoisotopic (exact) mass is 614 g/mol. The lowest BCUT2D eigenvalue weighted by molar-refractivity contribution is -0.115. The molecule has 1 fully saturated rings. The molecule has 0 unspecified atom stereocenters. The van der Waals surface area contributed by atoms with Gasteiger partial charge < -0.3 is 19.9 Å². The summed E-state index contributed by atoms with van der Waals surface area (Å²) in [5.74, 6) is 0.520. The number of carboxylic acids is 1. The molecular weight excluding hydrogens is 580 g/mol. The molecule has 9 nitrogen and oxygen atoms in total. The zero-order chi connectivity index (χ0) is 31.1. The van der Waals surface area contributed by atoms with Crippen LogP contribution in [0.5, 0.6) is 17.2 Å². The Morgan fingerprint density at radius 2 is 1.45 bits per heavy atom. The van der Waals surface area contributed by atoms with Crippen LogP contribution in [0.15, 0.2) is 102 Å². The van der Waals surface area contributed by atoms with Gasteiger partial charge in [0.25, 0.3) is 0 Å². The number of aryl methyl sites for hydroxylation is 1. The van der Waals surface area contributed by atoms with Gasteiger partial charge in [-0.15, -0.1) is 0 Å². The summed E-state index contributed by atoms with van der Waals surface area (Å²) in [5, 5.41) is 12.0. The van der Waals surface area contributed by atoms with E-state index in [0.717, 1.165) is 24.0 Å². The van der Waals surface area contributed by atoms with Crippen molar-refractivity contribution in [1.29, 1.82) is 0 Å². The van der Waals surface area contributed by atoms with Crippen LogP contribution >= 0.6 is 0 Å². The number of ether oxygens (including phenoxy) is 2. The molecule has 0 aromatic heterocycles. The van der Waals surface area contributed by atoms with E-state index < -0.39 is 16.0 Å². The lowest BCUT2D eigenvalue weighted by Gasteiger charge is -2.29. The van der Waals surface area contributed by atoms with Gasteiger partial charge in [-0.1, -0.05) is 36.4 Å². The minimum atomic E-state index is -3.55. The van der Waals surface area contributed by atoms with Gasteiger partial charge in [-0.25, -0.2) is 17.9 Å². The minimum absolute atomic E-state index is 0.00356. The quantitative estimate of drug-likeness (QED) is 0.180. The number of carboxylic acid groups (broad SMARTS) is 1. The van der Waals surface area contributed by atoms with Crippen molar-refractivity contribution in [3.05, 3.63) is 114 Å². The summed E-state index contributed by atoms with van der Waals surface area (Å²) in [4.78, 5) is 24.1. The normalized spacial score (nSPS) is 16.6. The van der Waals surface area contributed by atoms with E-state index in [1.54, 1.807) is 60.7 Å². The highest BCUT2D eigenvalue weighted by Gasteiger charge is 2.26. The number of rotatable bonds is 11. The molecule has 1 aliphatic rings. The number of benzene rings is 4. The summed E-state index contributed by atoms with van der Waals surface area (Å²) >= 11 is 0. The standard InChI is InChI=1S/C34H34N2O7S/c1-23-5-4-6-30(21-23)44(40,41)36-25-11-15-27(16-12-25)43-29-19-17-28(18-20-29)42-26-13-9-24(10-14-26)22-33(37)35-32-8-3-2-7-31(32)34(38)39/h2-10,13-14,17-21,25,27,36H,11-12,15-16,22H2,1H3,(H,35,37)(H,38,39). The van der Waals surface area contributed by atoms with E-state index in [1.807, 2.05) is 37.3 Å². The first-order chi connectivity index (χ1) is 21.1. The largest absolute Gasteiger partial charge is 0.490 e. The molecule has 0 bridgehead atoms. The summed E-state index contributed by atoms with van der Waals surface area (Å²) in [7, 11) is -3.55. The van der Waals surface area contributed by atoms with Crippen molar-refractivity contribution in [2.75, 3.05) is 5.32 Å². The number of nitrogens with one attached hydrogen (secondary N) is 2. The topological polar surface area (TPSA) is 131 Å². The van der Waals surface area contributed by atoms with Gasteiger partial charge in [0.1, 0.15) is 17.2 Å². The average molecular weight is 615 g/mol. The molecule has 3 N–H and O–H groups in total. The molecule has 1 aliphatic carbocycles. The van der Waals surface area contributed by atoms with Crippen molar-refractivity contribution in [1.82, 2.24) is 4.72 Å². The number of aromatic carboxylic acids is 1. The maximum absolute atomic E-state index is 12.8. The predicted octanol–water partition coefficient (Wildman–Crippen LogP) is 6.34. The first kappa shape index (κ1) is 30.8. The maximum Gasteiger partial charge on any atom is 0.337 e. The molecule has 0 radical (unpaired) electrons. The van der Waals surface area contributed by atoms with Crippen molar-refractivity contribution in [2.24, 2.45) is 0 Å². The third-order valence-electron chi connectivity index (χ3n) is 7.38.